The summed E-state index contributed by atoms with van der Waals surface area (Å²) in [5.74, 6) is -0.220. The van der Waals surface area contributed by atoms with Gasteiger partial charge in [0.25, 0.3) is 0 Å². The molecule has 0 spiro atoms. The number of aryl methyl sites for hydroxylation is 1. The molecule has 0 radical (unpaired) electrons. The molecule has 1 heterocycles. The second kappa shape index (κ2) is 6.11. The number of nitrogens with zero attached hydrogens (tertiary/aromatic N) is 2. The molecule has 1 aromatic heterocycles. The highest BCUT2D eigenvalue weighted by molar-refractivity contribution is 5.81. The van der Waals surface area contributed by atoms with Gasteiger partial charge in [-0.05, 0) is 43.7 Å². The Hall–Kier alpha value is -2.23. The molecule has 0 saturated heterocycles. The standard InChI is InChI=1S/C19H23N3O/c1-13-16-12-19(2,18(20)23)11-7-6-10-15(16)17(22-21-13)14-8-4-3-5-9-14/h3-5,8-9H,6-7,10-12H2,1-2H3,(H2,20,23). The monoisotopic (exact) mass is 309 g/mol. The van der Waals surface area contributed by atoms with Crippen LogP contribution >= 0.6 is 0 Å². The lowest BCUT2D eigenvalue weighted by molar-refractivity contribution is -0.127. The van der Waals surface area contributed by atoms with E-state index < -0.39 is 5.41 Å². The first kappa shape index (κ1) is 15.7. The van der Waals surface area contributed by atoms with E-state index in [-0.39, 0.29) is 5.91 Å². The van der Waals surface area contributed by atoms with Crippen LogP contribution in [0.4, 0.5) is 0 Å². The van der Waals surface area contributed by atoms with Gasteiger partial charge in [-0.3, -0.25) is 4.79 Å². The number of hydrogen-bond acceptors (Lipinski definition) is 3. The summed E-state index contributed by atoms with van der Waals surface area (Å²) >= 11 is 0. The minimum absolute atomic E-state index is 0.220. The SMILES string of the molecule is Cc1nnc(-c2ccccc2)c2c1CC(C)(C(N)=O)CCCC2. The minimum Gasteiger partial charge on any atom is -0.369 e. The summed E-state index contributed by atoms with van der Waals surface area (Å²) in [5.41, 5.74) is 10.5. The fraction of sp³-hybridized carbons (Fsp3) is 0.421. The summed E-state index contributed by atoms with van der Waals surface area (Å²) in [4.78, 5) is 12.0. The van der Waals surface area contributed by atoms with E-state index in [9.17, 15) is 4.79 Å². The molecule has 1 unspecified atom stereocenters. The van der Waals surface area contributed by atoms with Gasteiger partial charge in [0.2, 0.25) is 5.91 Å². The number of carbonyl (C=O) groups is 1. The molecule has 1 aliphatic rings. The zero-order chi connectivity index (χ0) is 16.4. The molecule has 0 aliphatic heterocycles. The van der Waals surface area contributed by atoms with Gasteiger partial charge in [0, 0.05) is 5.56 Å². The fourth-order valence-corrected chi connectivity index (χ4v) is 3.44. The molecule has 2 N–H and O–H groups in total. The number of carbonyl (C=O) groups excluding carboxylic acids is 1. The largest absolute Gasteiger partial charge is 0.369 e. The average molecular weight is 309 g/mol. The van der Waals surface area contributed by atoms with Crippen molar-refractivity contribution >= 4 is 5.91 Å². The predicted octanol–water partition coefficient (Wildman–Crippen LogP) is 3.21. The first-order chi connectivity index (χ1) is 11.0. The first-order valence-electron chi connectivity index (χ1n) is 8.21. The van der Waals surface area contributed by atoms with E-state index in [1.165, 1.54) is 5.56 Å². The zero-order valence-corrected chi connectivity index (χ0v) is 13.8. The number of primary amides is 1. The van der Waals surface area contributed by atoms with Crippen LogP contribution in [0.1, 0.15) is 43.0 Å². The molecular formula is C19H23N3O. The number of nitrogens with two attached hydrogens (primary N) is 1. The molecule has 1 amide bonds. The number of benzene rings is 1. The topological polar surface area (TPSA) is 68.9 Å². The van der Waals surface area contributed by atoms with Crippen LogP contribution in [0.2, 0.25) is 0 Å². The number of rotatable bonds is 2. The lowest BCUT2D eigenvalue weighted by atomic mass is 9.74. The average Bonchev–Trinajstić information content (AvgIpc) is 2.53. The maximum atomic E-state index is 12.0. The van der Waals surface area contributed by atoms with Gasteiger partial charge in [0.05, 0.1) is 16.8 Å². The van der Waals surface area contributed by atoms with Crippen molar-refractivity contribution in [2.45, 2.75) is 46.0 Å². The fourth-order valence-electron chi connectivity index (χ4n) is 3.44. The van der Waals surface area contributed by atoms with E-state index in [2.05, 4.69) is 22.3 Å². The lowest BCUT2D eigenvalue weighted by Crippen LogP contribution is -2.37. The molecule has 1 atom stereocenters. The Morgan fingerprint density at radius 2 is 1.87 bits per heavy atom. The Kier molecular flexibility index (Phi) is 4.16. The van der Waals surface area contributed by atoms with Gasteiger partial charge in [0.15, 0.2) is 0 Å². The third kappa shape index (κ3) is 2.98. The molecule has 0 bridgehead atoms. The molecule has 0 fully saturated rings. The molecule has 1 aromatic carbocycles. The summed E-state index contributed by atoms with van der Waals surface area (Å²) in [6, 6.07) is 10.1. The normalized spacial score (nSPS) is 21.1. The number of hydrogen-bond donors (Lipinski definition) is 1. The van der Waals surface area contributed by atoms with Crippen LogP contribution in [-0.4, -0.2) is 16.1 Å². The van der Waals surface area contributed by atoms with Gasteiger partial charge >= 0.3 is 0 Å². The summed E-state index contributed by atoms with van der Waals surface area (Å²) < 4.78 is 0. The number of aromatic nitrogens is 2. The van der Waals surface area contributed by atoms with Crippen molar-refractivity contribution in [2.24, 2.45) is 11.1 Å². The Balaban J connectivity index is 2.15. The Labute approximate surface area is 137 Å². The molecule has 0 saturated carbocycles. The van der Waals surface area contributed by atoms with Crippen molar-refractivity contribution < 1.29 is 4.79 Å². The second-order valence-electron chi connectivity index (χ2n) is 6.77. The Bertz CT molecular complexity index is 727. The van der Waals surface area contributed by atoms with Gasteiger partial charge in [-0.2, -0.15) is 5.10 Å². The zero-order valence-electron chi connectivity index (χ0n) is 13.8. The van der Waals surface area contributed by atoms with Gasteiger partial charge in [-0.1, -0.05) is 43.7 Å². The van der Waals surface area contributed by atoms with Crippen molar-refractivity contribution in [1.29, 1.82) is 0 Å². The van der Waals surface area contributed by atoms with E-state index in [0.29, 0.717) is 6.42 Å². The van der Waals surface area contributed by atoms with Crippen molar-refractivity contribution in [3.63, 3.8) is 0 Å². The van der Waals surface area contributed by atoms with Gasteiger partial charge in [-0.15, -0.1) is 5.10 Å². The summed E-state index contributed by atoms with van der Waals surface area (Å²) in [5, 5.41) is 8.82. The van der Waals surface area contributed by atoms with Crippen molar-refractivity contribution in [3.05, 3.63) is 47.2 Å². The highest BCUT2D eigenvalue weighted by Crippen LogP contribution is 2.36. The minimum atomic E-state index is -0.503. The van der Waals surface area contributed by atoms with E-state index in [0.717, 1.165) is 48.2 Å². The lowest BCUT2D eigenvalue weighted by Gasteiger charge is -2.30. The summed E-state index contributed by atoms with van der Waals surface area (Å²) in [6.45, 7) is 3.95. The van der Waals surface area contributed by atoms with Crippen LogP contribution in [0.5, 0.6) is 0 Å². The smallest absolute Gasteiger partial charge is 0.223 e. The third-order valence-electron chi connectivity index (χ3n) is 5.00. The Morgan fingerprint density at radius 1 is 1.13 bits per heavy atom. The first-order valence-corrected chi connectivity index (χ1v) is 8.21. The van der Waals surface area contributed by atoms with Crippen LogP contribution in [0, 0.1) is 12.3 Å². The van der Waals surface area contributed by atoms with E-state index in [1.807, 2.05) is 32.0 Å². The van der Waals surface area contributed by atoms with Crippen LogP contribution in [0.3, 0.4) is 0 Å². The molecule has 23 heavy (non-hydrogen) atoms. The molecule has 4 nitrogen and oxygen atoms in total. The number of fused-ring (bicyclic) bond motifs is 1. The van der Waals surface area contributed by atoms with Gasteiger partial charge < -0.3 is 5.73 Å². The number of amides is 1. The highest BCUT2D eigenvalue weighted by atomic mass is 16.1. The maximum Gasteiger partial charge on any atom is 0.223 e. The van der Waals surface area contributed by atoms with E-state index in [1.54, 1.807) is 0 Å². The van der Waals surface area contributed by atoms with Crippen molar-refractivity contribution in [3.8, 4) is 11.3 Å². The quantitative estimate of drug-likeness (QED) is 0.926. The molecule has 2 aromatic rings. The predicted molar refractivity (Wildman–Crippen MR) is 90.8 cm³/mol. The van der Waals surface area contributed by atoms with Crippen LogP contribution in [0.15, 0.2) is 30.3 Å². The van der Waals surface area contributed by atoms with E-state index >= 15 is 0 Å². The summed E-state index contributed by atoms with van der Waals surface area (Å²) in [6.07, 6.45) is 4.52. The molecule has 1 aliphatic carbocycles. The van der Waals surface area contributed by atoms with E-state index in [4.69, 9.17) is 5.73 Å². The molecule has 120 valence electrons. The highest BCUT2D eigenvalue weighted by Gasteiger charge is 2.34. The third-order valence-corrected chi connectivity index (χ3v) is 5.00. The molecule has 3 rings (SSSR count). The van der Waals surface area contributed by atoms with Gasteiger partial charge in [0.1, 0.15) is 0 Å². The molecule has 4 heteroatoms. The second-order valence-corrected chi connectivity index (χ2v) is 6.77. The van der Waals surface area contributed by atoms with Crippen molar-refractivity contribution in [2.75, 3.05) is 0 Å². The molecular weight excluding hydrogens is 286 g/mol. The van der Waals surface area contributed by atoms with Crippen LogP contribution in [-0.2, 0) is 17.6 Å². The van der Waals surface area contributed by atoms with Crippen LogP contribution in [0.25, 0.3) is 11.3 Å². The van der Waals surface area contributed by atoms with Gasteiger partial charge in [-0.25, -0.2) is 0 Å². The summed E-state index contributed by atoms with van der Waals surface area (Å²) in [7, 11) is 0. The maximum absolute atomic E-state index is 12.0. The van der Waals surface area contributed by atoms with Crippen molar-refractivity contribution in [1.82, 2.24) is 10.2 Å². The Morgan fingerprint density at radius 3 is 2.57 bits per heavy atom. The van der Waals surface area contributed by atoms with Crippen LogP contribution < -0.4 is 5.73 Å².